The van der Waals surface area contributed by atoms with Crippen LogP contribution in [-0.4, -0.2) is 11.0 Å². The minimum absolute atomic E-state index is 0.0348. The van der Waals surface area contributed by atoms with Crippen LogP contribution in [0.25, 0.3) is 0 Å². The van der Waals surface area contributed by atoms with Gasteiger partial charge in [0, 0.05) is 18.7 Å². The lowest BCUT2D eigenvalue weighted by molar-refractivity contribution is -0.138. The van der Waals surface area contributed by atoms with E-state index in [1.54, 1.807) is 0 Å². The Balaban J connectivity index is 1.97. The zero-order chi connectivity index (χ0) is 17.7. The molecule has 24 heavy (non-hydrogen) atoms. The van der Waals surface area contributed by atoms with Crippen molar-refractivity contribution in [2.45, 2.75) is 26.4 Å². The van der Waals surface area contributed by atoms with Gasteiger partial charge in [0.2, 0.25) is 5.88 Å². The van der Waals surface area contributed by atoms with Gasteiger partial charge in [-0.15, -0.1) is 0 Å². The summed E-state index contributed by atoms with van der Waals surface area (Å²) in [5.41, 5.74) is -0.845. The van der Waals surface area contributed by atoms with Crippen LogP contribution >= 0.6 is 0 Å². The number of hydrogen-bond acceptors (Lipinski definition) is 4. The van der Waals surface area contributed by atoms with Gasteiger partial charge in [0.05, 0.1) is 5.56 Å². The summed E-state index contributed by atoms with van der Waals surface area (Å²) in [7, 11) is 0. The molecule has 2 aromatic rings. The number of rotatable bonds is 5. The van der Waals surface area contributed by atoms with E-state index in [2.05, 4.69) is 4.98 Å². The topological polar surface area (TPSA) is 48.4 Å². The fourth-order valence-electron chi connectivity index (χ4n) is 1.81. The molecule has 0 radical (unpaired) electrons. The summed E-state index contributed by atoms with van der Waals surface area (Å²) < 4.78 is 47.9. The lowest BCUT2D eigenvalue weighted by Crippen LogP contribution is -2.10. The Kier molecular flexibility index (Phi) is 5.43. The van der Waals surface area contributed by atoms with Crippen LogP contribution in [0.3, 0.4) is 0 Å². The summed E-state index contributed by atoms with van der Waals surface area (Å²) in [4.78, 5) is 15.2. The molecule has 1 heterocycles. The number of aromatic nitrogens is 1. The van der Waals surface area contributed by atoms with Gasteiger partial charge in [-0.05, 0) is 36.2 Å². The second-order valence-electron chi connectivity index (χ2n) is 5.53. The highest BCUT2D eigenvalue weighted by atomic mass is 19.4. The van der Waals surface area contributed by atoms with E-state index in [0.29, 0.717) is 24.1 Å². The molecule has 0 saturated carbocycles. The SMILES string of the molecule is CC(C)CC(=O)Oc1ccc(Oc2ccc(C(F)(F)F)cn2)cc1. The highest BCUT2D eigenvalue weighted by Gasteiger charge is 2.30. The normalized spacial score (nSPS) is 11.4. The van der Waals surface area contributed by atoms with Crippen molar-refractivity contribution in [1.29, 1.82) is 0 Å². The molecule has 1 aromatic carbocycles. The first-order chi connectivity index (χ1) is 11.2. The van der Waals surface area contributed by atoms with Gasteiger partial charge in [-0.2, -0.15) is 13.2 Å². The second kappa shape index (κ2) is 7.33. The zero-order valence-electron chi connectivity index (χ0n) is 13.1. The van der Waals surface area contributed by atoms with Crippen molar-refractivity contribution in [2.24, 2.45) is 5.92 Å². The Bertz CT molecular complexity index is 680. The van der Waals surface area contributed by atoms with E-state index in [-0.39, 0.29) is 17.8 Å². The molecular formula is C17H16F3NO3. The first-order valence-corrected chi connectivity index (χ1v) is 7.26. The molecule has 0 atom stereocenters. The number of esters is 1. The van der Waals surface area contributed by atoms with E-state index in [1.807, 2.05) is 13.8 Å². The Morgan fingerprint density at radius 3 is 2.21 bits per heavy atom. The van der Waals surface area contributed by atoms with E-state index in [1.165, 1.54) is 24.3 Å². The predicted molar refractivity (Wildman–Crippen MR) is 80.8 cm³/mol. The maximum atomic E-state index is 12.5. The molecule has 0 fully saturated rings. The van der Waals surface area contributed by atoms with E-state index in [9.17, 15) is 18.0 Å². The quantitative estimate of drug-likeness (QED) is 0.577. The van der Waals surface area contributed by atoms with Crippen LogP contribution in [0.1, 0.15) is 25.8 Å². The van der Waals surface area contributed by atoms with Crippen molar-refractivity contribution in [3.8, 4) is 17.4 Å². The first-order valence-electron chi connectivity index (χ1n) is 7.26. The highest BCUT2D eigenvalue weighted by molar-refractivity contribution is 5.72. The number of ether oxygens (including phenoxy) is 2. The fourth-order valence-corrected chi connectivity index (χ4v) is 1.81. The van der Waals surface area contributed by atoms with Crippen molar-refractivity contribution in [1.82, 2.24) is 4.98 Å². The predicted octanol–water partition coefficient (Wildman–Crippen LogP) is 4.84. The number of halogens is 3. The van der Waals surface area contributed by atoms with Gasteiger partial charge < -0.3 is 9.47 Å². The van der Waals surface area contributed by atoms with Gasteiger partial charge in [0.15, 0.2) is 0 Å². The van der Waals surface area contributed by atoms with E-state index in [0.717, 1.165) is 12.1 Å². The number of alkyl halides is 3. The number of carbonyl (C=O) groups excluding carboxylic acids is 1. The maximum Gasteiger partial charge on any atom is 0.417 e. The molecular weight excluding hydrogens is 323 g/mol. The molecule has 0 amide bonds. The van der Waals surface area contributed by atoms with Crippen LogP contribution < -0.4 is 9.47 Å². The fraction of sp³-hybridized carbons (Fsp3) is 0.294. The molecule has 0 aliphatic heterocycles. The van der Waals surface area contributed by atoms with Crippen LogP contribution in [0.2, 0.25) is 0 Å². The third-order valence-corrected chi connectivity index (χ3v) is 2.92. The summed E-state index contributed by atoms with van der Waals surface area (Å²) in [6.07, 6.45) is -3.42. The van der Waals surface area contributed by atoms with Crippen molar-refractivity contribution >= 4 is 5.97 Å². The maximum absolute atomic E-state index is 12.5. The van der Waals surface area contributed by atoms with Gasteiger partial charge in [0.25, 0.3) is 0 Å². The first kappa shape index (κ1) is 17.8. The lowest BCUT2D eigenvalue weighted by Gasteiger charge is -2.09. The molecule has 0 unspecified atom stereocenters. The van der Waals surface area contributed by atoms with Crippen LogP contribution in [0.5, 0.6) is 17.4 Å². The van der Waals surface area contributed by atoms with Crippen LogP contribution in [0.15, 0.2) is 42.6 Å². The third-order valence-electron chi connectivity index (χ3n) is 2.92. The molecule has 1 aromatic heterocycles. The molecule has 0 bridgehead atoms. The van der Waals surface area contributed by atoms with Gasteiger partial charge in [-0.25, -0.2) is 4.98 Å². The average molecular weight is 339 g/mol. The molecule has 0 N–H and O–H groups in total. The molecule has 4 nitrogen and oxygen atoms in total. The number of pyridine rings is 1. The third kappa shape index (κ3) is 5.26. The van der Waals surface area contributed by atoms with Crippen molar-refractivity contribution in [3.05, 3.63) is 48.2 Å². The molecule has 7 heteroatoms. The van der Waals surface area contributed by atoms with Crippen LogP contribution in [0.4, 0.5) is 13.2 Å². The van der Waals surface area contributed by atoms with Crippen molar-refractivity contribution in [2.75, 3.05) is 0 Å². The summed E-state index contributed by atoms with van der Waals surface area (Å²) in [5, 5.41) is 0. The van der Waals surface area contributed by atoms with Gasteiger partial charge >= 0.3 is 12.1 Å². The summed E-state index contributed by atoms with van der Waals surface area (Å²) in [6, 6.07) is 8.19. The minimum Gasteiger partial charge on any atom is -0.439 e. The average Bonchev–Trinajstić information content (AvgIpc) is 2.48. The highest BCUT2D eigenvalue weighted by Crippen LogP contribution is 2.30. The molecule has 2 rings (SSSR count). The molecule has 0 spiro atoms. The van der Waals surface area contributed by atoms with Gasteiger partial charge in [-0.1, -0.05) is 13.8 Å². The molecule has 0 aliphatic carbocycles. The summed E-state index contributed by atoms with van der Waals surface area (Å²) in [6.45, 7) is 3.82. The largest absolute Gasteiger partial charge is 0.439 e. The lowest BCUT2D eigenvalue weighted by atomic mass is 10.1. The second-order valence-corrected chi connectivity index (χ2v) is 5.53. The van der Waals surface area contributed by atoms with E-state index in [4.69, 9.17) is 9.47 Å². The molecule has 0 aliphatic rings. The number of carbonyl (C=O) groups is 1. The van der Waals surface area contributed by atoms with Gasteiger partial charge in [0.1, 0.15) is 11.5 Å². The van der Waals surface area contributed by atoms with Crippen molar-refractivity contribution in [3.63, 3.8) is 0 Å². The standard InChI is InChI=1S/C17H16F3NO3/c1-11(2)9-16(22)24-14-6-4-13(5-7-14)23-15-8-3-12(10-21-15)17(18,19)20/h3-8,10-11H,9H2,1-2H3. The molecule has 0 saturated heterocycles. The van der Waals surface area contributed by atoms with E-state index < -0.39 is 11.7 Å². The number of nitrogens with zero attached hydrogens (tertiary/aromatic N) is 1. The monoisotopic (exact) mass is 339 g/mol. The van der Waals surface area contributed by atoms with Gasteiger partial charge in [-0.3, -0.25) is 4.79 Å². The van der Waals surface area contributed by atoms with Crippen LogP contribution in [-0.2, 0) is 11.0 Å². The Labute approximate surface area is 137 Å². The smallest absolute Gasteiger partial charge is 0.417 e. The summed E-state index contributed by atoms with van der Waals surface area (Å²) in [5.74, 6) is 0.640. The zero-order valence-corrected chi connectivity index (χ0v) is 13.1. The Morgan fingerprint density at radius 1 is 1.08 bits per heavy atom. The van der Waals surface area contributed by atoms with Crippen molar-refractivity contribution < 1.29 is 27.4 Å². The minimum atomic E-state index is -4.44. The number of hydrogen-bond donors (Lipinski definition) is 0. The van der Waals surface area contributed by atoms with E-state index >= 15 is 0 Å². The van der Waals surface area contributed by atoms with Crippen LogP contribution in [0, 0.1) is 5.92 Å². The Hall–Kier alpha value is -2.57. The molecule has 128 valence electrons. The summed E-state index contributed by atoms with van der Waals surface area (Å²) >= 11 is 0. The number of benzene rings is 1. The Morgan fingerprint density at radius 2 is 1.71 bits per heavy atom.